The molecule has 10 nitrogen and oxygen atoms in total. The summed E-state index contributed by atoms with van der Waals surface area (Å²) >= 11 is 1.34. The highest BCUT2D eigenvalue weighted by atomic mass is 32.2. The molecule has 4 heterocycles. The fourth-order valence-electron chi connectivity index (χ4n) is 5.79. The van der Waals surface area contributed by atoms with Gasteiger partial charge in [-0.3, -0.25) is 14.5 Å². The molecule has 3 aliphatic heterocycles. The van der Waals surface area contributed by atoms with Gasteiger partial charge in [0.05, 0.1) is 24.0 Å². The van der Waals surface area contributed by atoms with Crippen molar-refractivity contribution < 1.29 is 19.1 Å². The van der Waals surface area contributed by atoms with Gasteiger partial charge < -0.3 is 20.3 Å². The monoisotopic (exact) mass is 572 g/mol. The highest BCUT2D eigenvalue weighted by molar-refractivity contribution is 8.01. The molecular weight excluding hydrogens is 540 g/mol. The highest BCUT2D eigenvalue weighted by Crippen LogP contribution is 2.51. The number of rotatable bonds is 7. The average Bonchev–Trinajstić information content (AvgIpc) is 3.71. The fraction of sp³-hybridized carbons (Fsp3) is 0.433. The predicted octanol–water partition coefficient (Wildman–Crippen LogP) is 4.13. The number of ether oxygens (including phenoxy) is 1. The van der Waals surface area contributed by atoms with Crippen LogP contribution in [0.3, 0.4) is 0 Å². The van der Waals surface area contributed by atoms with Crippen molar-refractivity contribution >= 4 is 41.0 Å². The number of carbonyl (C=O) groups is 3. The van der Waals surface area contributed by atoms with E-state index in [1.165, 1.54) is 11.8 Å². The van der Waals surface area contributed by atoms with Crippen molar-refractivity contribution in [1.29, 1.82) is 5.26 Å². The molecule has 1 saturated heterocycles. The van der Waals surface area contributed by atoms with Crippen LogP contribution in [0, 0.1) is 24.2 Å². The Morgan fingerprint density at radius 3 is 2.83 bits per heavy atom. The van der Waals surface area contributed by atoms with Crippen molar-refractivity contribution in [3.05, 3.63) is 53.2 Å². The molecule has 41 heavy (non-hydrogen) atoms. The van der Waals surface area contributed by atoms with E-state index >= 15 is 0 Å². The second-order valence-electron chi connectivity index (χ2n) is 10.9. The van der Waals surface area contributed by atoms with Gasteiger partial charge in [-0.25, -0.2) is 9.78 Å². The van der Waals surface area contributed by atoms with Crippen LogP contribution in [0.25, 0.3) is 0 Å². The summed E-state index contributed by atoms with van der Waals surface area (Å²) in [6.07, 6.45) is 6.96. The number of aromatic nitrogens is 1. The summed E-state index contributed by atoms with van der Waals surface area (Å²) in [6, 6.07) is 8.41. The maximum Gasteiger partial charge on any atom is 0.327 e. The molecule has 1 saturated carbocycles. The molecule has 4 amide bonds. The molecule has 1 aromatic heterocycles. The zero-order chi connectivity index (χ0) is 28.7. The maximum atomic E-state index is 13.6. The third-order valence-electron chi connectivity index (χ3n) is 7.91. The number of aryl methyl sites for hydroxylation is 1. The Morgan fingerprint density at radius 1 is 1.27 bits per heavy atom. The lowest BCUT2D eigenvalue weighted by atomic mass is 9.98. The van der Waals surface area contributed by atoms with E-state index in [0.717, 1.165) is 48.2 Å². The van der Waals surface area contributed by atoms with E-state index in [2.05, 4.69) is 21.7 Å². The topological polar surface area (TPSA) is 128 Å². The molecule has 1 aromatic carbocycles. The van der Waals surface area contributed by atoms with Gasteiger partial charge in [-0.1, -0.05) is 17.8 Å². The van der Waals surface area contributed by atoms with Crippen LogP contribution in [0.1, 0.15) is 49.8 Å². The van der Waals surface area contributed by atoms with E-state index in [4.69, 9.17) is 4.74 Å². The molecule has 2 aromatic rings. The van der Waals surface area contributed by atoms with Crippen LogP contribution in [0.5, 0.6) is 5.75 Å². The third kappa shape index (κ3) is 5.24. The highest BCUT2D eigenvalue weighted by Gasteiger charge is 2.47. The quantitative estimate of drug-likeness (QED) is 0.377. The predicted molar refractivity (Wildman–Crippen MR) is 154 cm³/mol. The minimum atomic E-state index is -0.596. The number of piperidine rings is 1. The number of carbonyl (C=O) groups excluding carboxylic acids is 3. The van der Waals surface area contributed by atoms with Gasteiger partial charge in [-0.2, -0.15) is 5.26 Å². The van der Waals surface area contributed by atoms with Gasteiger partial charge in [-0.05, 0) is 75.3 Å². The molecule has 0 radical (unpaired) electrons. The van der Waals surface area contributed by atoms with E-state index in [-0.39, 0.29) is 29.5 Å². The number of nitriles is 1. The van der Waals surface area contributed by atoms with E-state index in [1.54, 1.807) is 22.1 Å². The Hall–Kier alpha value is -4.04. The SMILES string of the molecule is CCOc1ccc(N2C(=O)NC3c4c2ccnc4S[C@H]3C(=O)NC2CCCN(C(=O)/C(C#N)=C/C3CC3)C2)c(C)c1. The molecular formula is C30H32N6O4S. The average molecular weight is 573 g/mol. The van der Waals surface area contributed by atoms with Crippen LogP contribution >= 0.6 is 11.8 Å². The van der Waals surface area contributed by atoms with Crippen LogP contribution in [0.15, 0.2) is 47.1 Å². The van der Waals surface area contributed by atoms with Gasteiger partial charge in [0.25, 0.3) is 5.91 Å². The molecule has 4 aliphatic rings. The normalized spacial score (nSPS) is 23.4. The number of likely N-dealkylation sites (tertiary alicyclic amines) is 1. The van der Waals surface area contributed by atoms with Gasteiger partial charge in [0.2, 0.25) is 5.91 Å². The first-order chi connectivity index (χ1) is 19.9. The molecule has 2 fully saturated rings. The van der Waals surface area contributed by atoms with Crippen LogP contribution < -0.4 is 20.3 Å². The fourth-order valence-corrected chi connectivity index (χ4v) is 7.02. The molecule has 3 atom stereocenters. The van der Waals surface area contributed by atoms with E-state index in [1.807, 2.05) is 38.1 Å². The first-order valence-corrected chi connectivity index (χ1v) is 15.0. The molecule has 212 valence electrons. The summed E-state index contributed by atoms with van der Waals surface area (Å²) in [5.74, 6) is 0.595. The van der Waals surface area contributed by atoms with Gasteiger partial charge in [0.15, 0.2) is 0 Å². The zero-order valence-electron chi connectivity index (χ0n) is 23.1. The lowest BCUT2D eigenvalue weighted by Crippen LogP contribution is -2.54. The Bertz CT molecular complexity index is 1480. The number of hydrogen-bond acceptors (Lipinski definition) is 7. The zero-order valence-corrected chi connectivity index (χ0v) is 23.9. The van der Waals surface area contributed by atoms with Crippen LogP contribution in [-0.2, 0) is 9.59 Å². The number of pyridine rings is 1. The number of benzene rings is 1. The third-order valence-corrected chi connectivity index (χ3v) is 9.20. The Balaban J connectivity index is 1.18. The summed E-state index contributed by atoms with van der Waals surface area (Å²) < 4.78 is 5.61. The van der Waals surface area contributed by atoms with Crippen molar-refractivity contribution in [3.8, 4) is 11.8 Å². The molecule has 1 aliphatic carbocycles. The number of thioether (sulfide) groups is 1. The lowest BCUT2D eigenvalue weighted by Gasteiger charge is -2.36. The maximum absolute atomic E-state index is 13.6. The first kappa shape index (κ1) is 27.1. The smallest absolute Gasteiger partial charge is 0.327 e. The van der Waals surface area contributed by atoms with Gasteiger partial charge in [-0.15, -0.1) is 0 Å². The Kier molecular flexibility index (Phi) is 7.34. The van der Waals surface area contributed by atoms with E-state index in [9.17, 15) is 19.6 Å². The minimum Gasteiger partial charge on any atom is -0.494 e. The molecule has 6 rings (SSSR count). The van der Waals surface area contributed by atoms with Crippen LogP contribution in [0.2, 0.25) is 0 Å². The van der Waals surface area contributed by atoms with Crippen LogP contribution in [0.4, 0.5) is 16.2 Å². The van der Waals surface area contributed by atoms with E-state index in [0.29, 0.717) is 36.3 Å². The minimum absolute atomic E-state index is 0.192. The number of urea groups is 1. The summed E-state index contributed by atoms with van der Waals surface area (Å²) in [7, 11) is 0. The van der Waals surface area contributed by atoms with E-state index < -0.39 is 11.3 Å². The largest absolute Gasteiger partial charge is 0.494 e. The molecule has 2 N–H and O–H groups in total. The second kappa shape index (κ2) is 11.1. The Labute approximate surface area is 243 Å². The summed E-state index contributed by atoms with van der Waals surface area (Å²) in [5.41, 5.74) is 3.35. The van der Waals surface area contributed by atoms with Crippen molar-refractivity contribution in [2.75, 3.05) is 24.6 Å². The standard InChI is InChI=1S/C30H32N6O4S/c1-3-40-21-8-9-22(17(2)13-21)36-23-10-11-32-28-24(23)25(34-30(36)39)26(41-28)27(37)33-20-5-4-12-35(16-20)29(38)19(15-31)14-18-6-7-18/h8-11,13-14,18,20,25-26H,3-7,12,16H2,1-2H3,(H,33,37)(H,34,39)/b19-14+/t20?,25?,26-/m1/s1. The number of amides is 4. The van der Waals surface area contributed by atoms with Gasteiger partial charge >= 0.3 is 6.03 Å². The van der Waals surface area contributed by atoms with Crippen molar-refractivity contribution in [3.63, 3.8) is 0 Å². The van der Waals surface area contributed by atoms with Crippen molar-refractivity contribution in [2.45, 2.75) is 61.9 Å². The Morgan fingerprint density at radius 2 is 2.10 bits per heavy atom. The van der Waals surface area contributed by atoms with Gasteiger partial charge in [0.1, 0.15) is 27.7 Å². The molecule has 0 bridgehead atoms. The molecule has 2 unspecified atom stereocenters. The summed E-state index contributed by atoms with van der Waals surface area (Å²) in [5, 5.41) is 15.8. The number of nitrogens with one attached hydrogen (secondary N) is 2. The number of nitrogens with zero attached hydrogens (tertiary/aromatic N) is 4. The lowest BCUT2D eigenvalue weighted by molar-refractivity contribution is -0.129. The molecule has 0 spiro atoms. The summed E-state index contributed by atoms with van der Waals surface area (Å²) in [6.45, 7) is 5.32. The van der Waals surface area contributed by atoms with Gasteiger partial charge in [0, 0.05) is 30.9 Å². The first-order valence-electron chi connectivity index (χ1n) is 14.1. The van der Waals surface area contributed by atoms with Crippen LogP contribution in [-0.4, -0.2) is 58.7 Å². The number of anilines is 2. The summed E-state index contributed by atoms with van der Waals surface area (Å²) in [4.78, 5) is 47.9. The number of hydrogen-bond donors (Lipinski definition) is 2. The van der Waals surface area contributed by atoms with Crippen molar-refractivity contribution in [1.82, 2.24) is 20.5 Å². The number of allylic oxidation sites excluding steroid dienone is 1. The second-order valence-corrected chi connectivity index (χ2v) is 12.0. The molecule has 11 heteroatoms. The van der Waals surface area contributed by atoms with Crippen molar-refractivity contribution in [2.24, 2.45) is 5.92 Å².